The molecule has 1 aromatic carbocycles. The number of carbonyl (C=O) groups excluding carboxylic acids is 1. The van der Waals surface area contributed by atoms with E-state index >= 15 is 0 Å². The normalized spacial score (nSPS) is 11.9. The molecule has 1 aromatic rings. The van der Waals surface area contributed by atoms with E-state index in [0.717, 1.165) is 3.57 Å². The van der Waals surface area contributed by atoms with E-state index in [4.69, 9.17) is 16.7 Å². The molecular formula is C12H13ClINO3. The lowest BCUT2D eigenvalue weighted by Crippen LogP contribution is -2.36. The van der Waals surface area contributed by atoms with Crippen LogP contribution in [0.1, 0.15) is 30.1 Å². The average Bonchev–Trinajstić information content (AvgIpc) is 2.30. The summed E-state index contributed by atoms with van der Waals surface area (Å²) in [5.41, 5.74) is 0.465. The first kappa shape index (κ1) is 15.2. The van der Waals surface area contributed by atoms with Crippen LogP contribution in [0.15, 0.2) is 18.2 Å². The Hall–Kier alpha value is -0.820. The minimum absolute atomic E-state index is 0.0839. The summed E-state index contributed by atoms with van der Waals surface area (Å²) in [5.74, 6) is -1.22. The summed E-state index contributed by atoms with van der Waals surface area (Å²) < 4.78 is 0.777. The Kier molecular flexibility index (Phi) is 5.87. The van der Waals surface area contributed by atoms with Crippen molar-refractivity contribution in [2.75, 3.05) is 0 Å². The Morgan fingerprint density at radius 2 is 2.17 bits per heavy atom. The number of hydrogen-bond donors (Lipinski definition) is 2. The van der Waals surface area contributed by atoms with Gasteiger partial charge in [0.25, 0.3) is 5.91 Å². The second-order valence-corrected chi connectivity index (χ2v) is 5.40. The van der Waals surface area contributed by atoms with Gasteiger partial charge in [0.15, 0.2) is 0 Å². The van der Waals surface area contributed by atoms with Crippen LogP contribution >= 0.6 is 34.2 Å². The van der Waals surface area contributed by atoms with Gasteiger partial charge in [-0.1, -0.05) is 18.5 Å². The van der Waals surface area contributed by atoms with Gasteiger partial charge in [0.1, 0.15) is 0 Å². The number of aliphatic carboxylic acids is 1. The summed E-state index contributed by atoms with van der Waals surface area (Å²) in [5, 5.41) is 11.9. The van der Waals surface area contributed by atoms with Crippen LogP contribution in [0.2, 0.25) is 5.02 Å². The summed E-state index contributed by atoms with van der Waals surface area (Å²) >= 11 is 7.88. The molecule has 0 bridgehead atoms. The van der Waals surface area contributed by atoms with E-state index in [-0.39, 0.29) is 18.4 Å². The Labute approximate surface area is 124 Å². The van der Waals surface area contributed by atoms with Crippen LogP contribution in [-0.4, -0.2) is 23.0 Å². The van der Waals surface area contributed by atoms with Crippen LogP contribution in [0.4, 0.5) is 0 Å². The lowest BCUT2D eigenvalue weighted by atomic mass is 10.1. The molecule has 18 heavy (non-hydrogen) atoms. The van der Waals surface area contributed by atoms with Crippen molar-refractivity contribution in [2.24, 2.45) is 0 Å². The van der Waals surface area contributed by atoms with Crippen LogP contribution in [-0.2, 0) is 4.79 Å². The molecule has 6 heteroatoms. The lowest BCUT2D eigenvalue weighted by Gasteiger charge is -2.15. The Balaban J connectivity index is 2.80. The monoisotopic (exact) mass is 381 g/mol. The number of amides is 1. The number of carboxylic acid groups (broad SMARTS) is 1. The second-order valence-electron chi connectivity index (χ2n) is 3.80. The molecule has 2 N–H and O–H groups in total. The van der Waals surface area contributed by atoms with E-state index in [1.807, 2.05) is 29.5 Å². The molecule has 1 atom stereocenters. The summed E-state index contributed by atoms with van der Waals surface area (Å²) in [6.45, 7) is 1.83. The molecule has 1 amide bonds. The first-order valence-corrected chi connectivity index (χ1v) is 6.87. The highest BCUT2D eigenvalue weighted by atomic mass is 127. The largest absolute Gasteiger partial charge is 0.481 e. The van der Waals surface area contributed by atoms with E-state index in [1.165, 1.54) is 0 Å². The van der Waals surface area contributed by atoms with Crippen molar-refractivity contribution < 1.29 is 14.7 Å². The zero-order valence-corrected chi connectivity index (χ0v) is 12.7. The third kappa shape index (κ3) is 4.45. The minimum atomic E-state index is -0.928. The highest BCUT2D eigenvalue weighted by Crippen LogP contribution is 2.18. The molecule has 0 aliphatic rings. The fraction of sp³-hybridized carbons (Fsp3) is 0.333. The van der Waals surface area contributed by atoms with E-state index in [9.17, 15) is 9.59 Å². The molecule has 1 rings (SSSR count). The zero-order valence-electron chi connectivity index (χ0n) is 9.74. The van der Waals surface area contributed by atoms with Gasteiger partial charge < -0.3 is 10.4 Å². The molecule has 0 aromatic heterocycles. The van der Waals surface area contributed by atoms with Crippen LogP contribution < -0.4 is 5.32 Å². The van der Waals surface area contributed by atoms with Crippen molar-refractivity contribution in [3.63, 3.8) is 0 Å². The SMILES string of the molecule is CCC(CC(=O)O)NC(=O)c1cc(Cl)ccc1I. The van der Waals surface area contributed by atoms with Gasteiger partial charge in [0.05, 0.1) is 12.0 Å². The highest BCUT2D eigenvalue weighted by Gasteiger charge is 2.17. The van der Waals surface area contributed by atoms with Gasteiger partial charge in [0.2, 0.25) is 0 Å². The molecular weight excluding hydrogens is 368 g/mol. The van der Waals surface area contributed by atoms with E-state index < -0.39 is 5.97 Å². The summed E-state index contributed by atoms with van der Waals surface area (Å²) in [6.07, 6.45) is 0.481. The minimum Gasteiger partial charge on any atom is -0.481 e. The first-order chi connectivity index (χ1) is 8.43. The van der Waals surface area contributed by atoms with Crippen molar-refractivity contribution in [1.82, 2.24) is 5.32 Å². The van der Waals surface area contributed by atoms with Gasteiger partial charge in [-0.15, -0.1) is 0 Å². The van der Waals surface area contributed by atoms with Crippen LogP contribution in [0.3, 0.4) is 0 Å². The molecule has 0 spiro atoms. The van der Waals surface area contributed by atoms with Gasteiger partial charge in [-0.3, -0.25) is 9.59 Å². The highest BCUT2D eigenvalue weighted by molar-refractivity contribution is 14.1. The van der Waals surface area contributed by atoms with Gasteiger partial charge in [-0.2, -0.15) is 0 Å². The maximum absolute atomic E-state index is 12.0. The number of carbonyl (C=O) groups is 2. The maximum atomic E-state index is 12.0. The van der Waals surface area contributed by atoms with E-state index in [0.29, 0.717) is 17.0 Å². The fourth-order valence-corrected chi connectivity index (χ4v) is 2.20. The van der Waals surface area contributed by atoms with Gasteiger partial charge in [-0.05, 0) is 47.2 Å². The van der Waals surface area contributed by atoms with Crippen molar-refractivity contribution in [1.29, 1.82) is 0 Å². The van der Waals surface area contributed by atoms with E-state index in [1.54, 1.807) is 18.2 Å². The van der Waals surface area contributed by atoms with Crippen molar-refractivity contribution in [2.45, 2.75) is 25.8 Å². The quantitative estimate of drug-likeness (QED) is 0.771. The number of hydrogen-bond acceptors (Lipinski definition) is 2. The molecule has 0 aliphatic heterocycles. The maximum Gasteiger partial charge on any atom is 0.305 e. The van der Waals surface area contributed by atoms with Crippen LogP contribution in [0.25, 0.3) is 0 Å². The van der Waals surface area contributed by atoms with Crippen molar-refractivity contribution >= 4 is 46.1 Å². The van der Waals surface area contributed by atoms with Gasteiger partial charge >= 0.3 is 5.97 Å². The predicted molar refractivity (Wildman–Crippen MR) is 78.0 cm³/mol. The molecule has 4 nitrogen and oxygen atoms in total. The summed E-state index contributed by atoms with van der Waals surface area (Å²) in [7, 11) is 0. The lowest BCUT2D eigenvalue weighted by molar-refractivity contribution is -0.137. The van der Waals surface area contributed by atoms with Crippen molar-refractivity contribution in [3.8, 4) is 0 Å². The molecule has 0 heterocycles. The molecule has 0 saturated heterocycles. The average molecular weight is 382 g/mol. The third-order valence-electron chi connectivity index (χ3n) is 2.42. The first-order valence-electron chi connectivity index (χ1n) is 5.41. The van der Waals surface area contributed by atoms with Gasteiger partial charge in [0, 0.05) is 14.6 Å². The molecule has 0 radical (unpaired) electrons. The Bertz CT molecular complexity index is 465. The summed E-state index contributed by atoms with van der Waals surface area (Å²) in [6, 6.07) is 4.65. The molecule has 0 saturated carbocycles. The van der Waals surface area contributed by atoms with Crippen LogP contribution in [0.5, 0.6) is 0 Å². The predicted octanol–water partition coefficient (Wildman–Crippen LogP) is 2.93. The molecule has 0 aliphatic carbocycles. The van der Waals surface area contributed by atoms with Crippen LogP contribution in [0, 0.1) is 3.57 Å². The molecule has 98 valence electrons. The third-order valence-corrected chi connectivity index (χ3v) is 3.60. The zero-order chi connectivity index (χ0) is 13.7. The topological polar surface area (TPSA) is 66.4 Å². The second kappa shape index (κ2) is 6.94. The number of nitrogens with one attached hydrogen (secondary N) is 1. The molecule has 0 fully saturated rings. The summed E-state index contributed by atoms with van der Waals surface area (Å²) in [4.78, 5) is 22.6. The number of benzene rings is 1. The van der Waals surface area contributed by atoms with E-state index in [2.05, 4.69) is 5.32 Å². The Morgan fingerprint density at radius 3 is 2.72 bits per heavy atom. The fourth-order valence-electron chi connectivity index (χ4n) is 1.44. The molecule has 1 unspecified atom stereocenters. The van der Waals surface area contributed by atoms with Gasteiger partial charge in [-0.25, -0.2) is 0 Å². The number of rotatable bonds is 5. The number of carboxylic acids is 1. The smallest absolute Gasteiger partial charge is 0.305 e. The standard InChI is InChI=1S/C12H13ClINO3/c1-2-8(6-11(16)17)15-12(18)9-5-7(13)3-4-10(9)14/h3-5,8H,2,6H2,1H3,(H,15,18)(H,16,17). The number of halogens is 2. The Morgan fingerprint density at radius 1 is 1.50 bits per heavy atom. The van der Waals surface area contributed by atoms with Crippen molar-refractivity contribution in [3.05, 3.63) is 32.4 Å².